The van der Waals surface area contributed by atoms with Crippen molar-refractivity contribution in [3.05, 3.63) is 17.0 Å². The minimum atomic E-state index is 0.523. The van der Waals surface area contributed by atoms with Crippen LogP contribution in [-0.2, 0) is 6.42 Å². The Morgan fingerprint density at radius 3 is 2.92 bits per heavy atom. The Balaban J connectivity index is 2.17. The molecule has 0 spiro atoms. The summed E-state index contributed by atoms with van der Waals surface area (Å²) < 4.78 is 0. The molecule has 1 fully saturated rings. The van der Waals surface area contributed by atoms with E-state index in [9.17, 15) is 0 Å². The van der Waals surface area contributed by atoms with E-state index >= 15 is 0 Å². The van der Waals surface area contributed by atoms with E-state index < -0.39 is 0 Å². The van der Waals surface area contributed by atoms with Crippen LogP contribution in [0.4, 0.5) is 5.82 Å². The topological polar surface area (TPSA) is 37.8 Å². The summed E-state index contributed by atoms with van der Waals surface area (Å²) in [7, 11) is 0. The molecule has 2 rings (SSSR count). The Bertz CT molecular complexity index is 310. The Morgan fingerprint density at radius 2 is 2.31 bits per heavy atom. The Labute approximate surface area is 82.5 Å². The predicted octanol–water partition coefficient (Wildman–Crippen LogP) is 2.27. The van der Waals surface area contributed by atoms with E-state index in [-0.39, 0.29) is 0 Å². The third-order valence-electron chi connectivity index (χ3n) is 1.99. The quantitative estimate of drug-likeness (QED) is 0.756. The smallest absolute Gasteiger partial charge is 0.134 e. The molecule has 0 amide bonds. The molecule has 1 aliphatic carbocycles. The molecule has 0 unspecified atom stereocenters. The van der Waals surface area contributed by atoms with Gasteiger partial charge >= 0.3 is 0 Å². The molecule has 13 heavy (non-hydrogen) atoms. The first-order valence-corrected chi connectivity index (χ1v) is 4.95. The summed E-state index contributed by atoms with van der Waals surface area (Å²) in [5, 5.41) is 3.82. The normalized spacial score (nSPS) is 15.8. The highest BCUT2D eigenvalue weighted by molar-refractivity contribution is 6.29. The van der Waals surface area contributed by atoms with E-state index in [4.69, 9.17) is 11.6 Å². The second kappa shape index (κ2) is 3.50. The van der Waals surface area contributed by atoms with E-state index in [0.29, 0.717) is 11.2 Å². The van der Waals surface area contributed by atoms with Gasteiger partial charge in [-0.05, 0) is 12.8 Å². The van der Waals surface area contributed by atoms with Gasteiger partial charge in [-0.25, -0.2) is 9.97 Å². The van der Waals surface area contributed by atoms with Crippen molar-refractivity contribution in [3.8, 4) is 0 Å². The molecule has 0 bridgehead atoms. The van der Waals surface area contributed by atoms with Gasteiger partial charge in [0.1, 0.15) is 16.8 Å². The van der Waals surface area contributed by atoms with Crippen LogP contribution in [0.3, 0.4) is 0 Å². The summed E-state index contributed by atoms with van der Waals surface area (Å²) in [6, 6.07) is 2.38. The second-order valence-corrected chi connectivity index (χ2v) is 3.65. The van der Waals surface area contributed by atoms with E-state index in [2.05, 4.69) is 15.3 Å². The van der Waals surface area contributed by atoms with Crippen LogP contribution in [0.5, 0.6) is 0 Å². The van der Waals surface area contributed by atoms with Crippen LogP contribution in [0.1, 0.15) is 25.6 Å². The third-order valence-corrected chi connectivity index (χ3v) is 2.18. The first-order valence-electron chi connectivity index (χ1n) is 4.58. The number of nitrogens with zero attached hydrogens (tertiary/aromatic N) is 2. The number of aryl methyl sites for hydroxylation is 1. The van der Waals surface area contributed by atoms with Gasteiger partial charge in [0.2, 0.25) is 0 Å². The van der Waals surface area contributed by atoms with Crippen LogP contribution < -0.4 is 5.32 Å². The van der Waals surface area contributed by atoms with Gasteiger partial charge in [0.05, 0.1) is 0 Å². The predicted molar refractivity (Wildman–Crippen MR) is 53.1 cm³/mol. The lowest BCUT2D eigenvalue weighted by atomic mass is 10.4. The fraction of sp³-hybridized carbons (Fsp3) is 0.556. The summed E-state index contributed by atoms with van der Waals surface area (Å²) >= 11 is 5.84. The van der Waals surface area contributed by atoms with E-state index in [0.717, 1.165) is 18.1 Å². The monoisotopic (exact) mass is 197 g/mol. The van der Waals surface area contributed by atoms with Crippen LogP contribution in [-0.4, -0.2) is 16.0 Å². The van der Waals surface area contributed by atoms with Gasteiger partial charge in [0, 0.05) is 18.5 Å². The number of hydrogen-bond donors (Lipinski definition) is 1. The van der Waals surface area contributed by atoms with Crippen LogP contribution >= 0.6 is 11.6 Å². The van der Waals surface area contributed by atoms with Gasteiger partial charge in [-0.1, -0.05) is 18.5 Å². The lowest BCUT2D eigenvalue weighted by molar-refractivity contribution is 0.932. The maximum Gasteiger partial charge on any atom is 0.134 e. The van der Waals surface area contributed by atoms with Crippen LogP contribution in [0.25, 0.3) is 0 Å². The Morgan fingerprint density at radius 1 is 1.54 bits per heavy atom. The van der Waals surface area contributed by atoms with Crippen molar-refractivity contribution in [1.82, 2.24) is 9.97 Å². The van der Waals surface area contributed by atoms with Crippen LogP contribution in [0, 0.1) is 0 Å². The molecule has 3 nitrogen and oxygen atoms in total. The lowest BCUT2D eigenvalue weighted by Gasteiger charge is -2.04. The fourth-order valence-corrected chi connectivity index (χ4v) is 1.33. The number of halogens is 1. The summed E-state index contributed by atoms with van der Waals surface area (Å²) in [5.41, 5.74) is 0. The molecular weight excluding hydrogens is 186 g/mol. The maximum absolute atomic E-state index is 5.84. The number of hydrogen-bond acceptors (Lipinski definition) is 3. The van der Waals surface area contributed by atoms with Crippen molar-refractivity contribution >= 4 is 17.4 Å². The molecule has 0 saturated heterocycles. The van der Waals surface area contributed by atoms with Crippen molar-refractivity contribution in [3.63, 3.8) is 0 Å². The number of anilines is 1. The van der Waals surface area contributed by atoms with E-state index in [1.54, 1.807) is 6.07 Å². The highest BCUT2D eigenvalue weighted by atomic mass is 35.5. The van der Waals surface area contributed by atoms with Gasteiger partial charge in [-0.15, -0.1) is 0 Å². The maximum atomic E-state index is 5.84. The lowest BCUT2D eigenvalue weighted by Crippen LogP contribution is -2.05. The minimum Gasteiger partial charge on any atom is -0.367 e. The molecule has 4 heteroatoms. The zero-order valence-corrected chi connectivity index (χ0v) is 8.30. The average Bonchev–Trinajstić information content (AvgIpc) is 2.87. The van der Waals surface area contributed by atoms with Crippen molar-refractivity contribution in [1.29, 1.82) is 0 Å². The van der Waals surface area contributed by atoms with E-state index in [1.165, 1.54) is 12.8 Å². The van der Waals surface area contributed by atoms with Crippen molar-refractivity contribution in [2.75, 3.05) is 5.32 Å². The molecule has 0 aromatic carbocycles. The summed E-state index contributed by atoms with van der Waals surface area (Å²) in [5.74, 6) is 1.66. The number of rotatable bonds is 3. The molecule has 70 valence electrons. The van der Waals surface area contributed by atoms with Crippen LogP contribution in [0.2, 0.25) is 5.15 Å². The molecule has 1 saturated carbocycles. The van der Waals surface area contributed by atoms with Gasteiger partial charge in [0.15, 0.2) is 0 Å². The number of nitrogens with one attached hydrogen (secondary N) is 1. The zero-order chi connectivity index (χ0) is 9.26. The van der Waals surface area contributed by atoms with Crippen molar-refractivity contribution < 1.29 is 0 Å². The first kappa shape index (κ1) is 8.75. The van der Waals surface area contributed by atoms with Gasteiger partial charge in [-0.2, -0.15) is 0 Å². The Kier molecular flexibility index (Phi) is 2.36. The zero-order valence-electron chi connectivity index (χ0n) is 7.55. The van der Waals surface area contributed by atoms with Crippen molar-refractivity contribution in [2.24, 2.45) is 0 Å². The molecule has 1 aromatic heterocycles. The molecular formula is C9H12ClN3. The standard InChI is InChI=1S/C9H12ClN3/c1-2-8-12-7(10)5-9(13-8)11-6-3-4-6/h5-6H,2-4H2,1H3,(H,11,12,13). The first-order chi connectivity index (χ1) is 6.28. The highest BCUT2D eigenvalue weighted by Gasteiger charge is 2.21. The molecule has 0 radical (unpaired) electrons. The van der Waals surface area contributed by atoms with E-state index in [1.807, 2.05) is 6.92 Å². The molecule has 1 heterocycles. The molecule has 1 aliphatic rings. The van der Waals surface area contributed by atoms with Gasteiger partial charge in [-0.3, -0.25) is 0 Å². The third kappa shape index (κ3) is 2.31. The van der Waals surface area contributed by atoms with Crippen LogP contribution in [0.15, 0.2) is 6.07 Å². The molecule has 1 N–H and O–H groups in total. The second-order valence-electron chi connectivity index (χ2n) is 3.26. The summed E-state index contributed by atoms with van der Waals surface area (Å²) in [6.45, 7) is 2.02. The average molecular weight is 198 g/mol. The molecule has 0 aliphatic heterocycles. The SMILES string of the molecule is CCc1nc(Cl)cc(NC2CC2)n1. The largest absolute Gasteiger partial charge is 0.367 e. The minimum absolute atomic E-state index is 0.523. The van der Waals surface area contributed by atoms with Gasteiger partial charge < -0.3 is 5.32 Å². The fourth-order valence-electron chi connectivity index (χ4n) is 1.13. The molecule has 1 aromatic rings. The van der Waals surface area contributed by atoms with Gasteiger partial charge in [0.25, 0.3) is 0 Å². The Hall–Kier alpha value is -0.830. The summed E-state index contributed by atoms with van der Waals surface area (Å²) in [6.07, 6.45) is 3.30. The number of aromatic nitrogens is 2. The molecule has 0 atom stereocenters. The highest BCUT2D eigenvalue weighted by Crippen LogP contribution is 2.24. The summed E-state index contributed by atoms with van der Waals surface area (Å²) in [4.78, 5) is 8.42. The van der Waals surface area contributed by atoms with Crippen molar-refractivity contribution in [2.45, 2.75) is 32.2 Å².